The van der Waals surface area contributed by atoms with E-state index >= 15 is 0 Å². The summed E-state index contributed by atoms with van der Waals surface area (Å²) in [5.41, 5.74) is 0. The van der Waals surface area contributed by atoms with Gasteiger partial charge in [0.2, 0.25) is 5.91 Å². The SMILES string of the molecule is CC(=O)N[C@H]1[C@H](O[C@H]2[C@@H](O)[C@@H](CO)O[C@@H](O[C@H]3[C@H](O)[C@@H](O)[C@H](O)O[C@@H]3CO)[C@@H]2O)O[C@H](CO)[C@@H](O[C@@H]2O[C@H](CO)[C@H](O)[C@H](O)[C@H]2O)[C@@H]1O[C@H]1O[C@H](C)[C@H](O)[C@H](O)[C@H]1O. The summed E-state index contributed by atoms with van der Waals surface area (Å²) in [6.07, 6.45) is -43.6. The van der Waals surface area contributed by atoms with Crippen LogP contribution in [-0.2, 0) is 47.4 Å². The minimum atomic E-state index is -2.12. The standard InChI is InChI=1S/C32H55NO25/c1-7-14(39)17(42)21(46)30(50-7)57-26-13(33-8(2)38)29(54-12(6-37)25(26)56-31-22(47)18(43)15(40)9(3-34)52-31)58-27-16(41)10(4-35)53-32(23(27)48)55-24-11(5-36)51-28(49)20(45)19(24)44/h7,9-32,34-37,39-49H,3-6H2,1-2H3,(H,33,38)/t7-,9-,10-,11-,12-,13-,14+,15+,16+,17+,18+,19-,20-,21-,22-,23-,24-,25-,26-,27+,28-,29+,30-,31+,32+/m1/s1. The van der Waals surface area contributed by atoms with Crippen LogP contribution in [0.15, 0.2) is 0 Å². The van der Waals surface area contributed by atoms with Crippen molar-refractivity contribution in [1.82, 2.24) is 5.32 Å². The summed E-state index contributed by atoms with van der Waals surface area (Å²) in [4.78, 5) is 12.8. The van der Waals surface area contributed by atoms with E-state index in [-0.39, 0.29) is 0 Å². The minimum absolute atomic E-state index is 0.830. The molecule has 5 saturated heterocycles. The van der Waals surface area contributed by atoms with Crippen LogP contribution in [0.3, 0.4) is 0 Å². The lowest BCUT2D eigenvalue weighted by molar-refractivity contribution is -0.391. The maximum absolute atomic E-state index is 12.8. The second-order valence-electron chi connectivity index (χ2n) is 14.7. The van der Waals surface area contributed by atoms with Crippen LogP contribution in [-0.4, -0.2) is 262 Å². The summed E-state index contributed by atoms with van der Waals surface area (Å²) in [6.45, 7) is -1.36. The summed E-state index contributed by atoms with van der Waals surface area (Å²) in [6, 6.07) is -1.73. The predicted octanol–water partition coefficient (Wildman–Crippen LogP) is -10.8. The number of carbonyl (C=O) groups is 1. The summed E-state index contributed by atoms with van der Waals surface area (Å²) < 4.78 is 51.4. The molecule has 338 valence electrons. The van der Waals surface area contributed by atoms with Crippen LogP contribution in [0.4, 0.5) is 0 Å². The lowest BCUT2D eigenvalue weighted by Crippen LogP contribution is -2.71. The maximum Gasteiger partial charge on any atom is 0.217 e. The Morgan fingerprint density at radius 3 is 1.47 bits per heavy atom. The van der Waals surface area contributed by atoms with Gasteiger partial charge in [0.05, 0.1) is 32.5 Å². The largest absolute Gasteiger partial charge is 0.394 e. The number of carbonyl (C=O) groups excluding carboxylic acids is 1. The van der Waals surface area contributed by atoms with Gasteiger partial charge in [0.15, 0.2) is 31.5 Å². The average Bonchev–Trinajstić information content (AvgIpc) is 3.19. The van der Waals surface area contributed by atoms with Crippen molar-refractivity contribution in [3.63, 3.8) is 0 Å². The number of hydrogen-bond acceptors (Lipinski definition) is 25. The van der Waals surface area contributed by atoms with Gasteiger partial charge >= 0.3 is 0 Å². The van der Waals surface area contributed by atoms with Crippen LogP contribution in [0.5, 0.6) is 0 Å². The van der Waals surface area contributed by atoms with Gasteiger partial charge in [0, 0.05) is 6.92 Å². The molecule has 5 fully saturated rings. The fraction of sp³-hybridized carbons (Fsp3) is 0.969. The Morgan fingerprint density at radius 1 is 0.448 bits per heavy atom. The zero-order valence-electron chi connectivity index (χ0n) is 31.1. The first-order valence-corrected chi connectivity index (χ1v) is 18.5. The molecule has 16 N–H and O–H groups in total. The predicted molar refractivity (Wildman–Crippen MR) is 177 cm³/mol. The van der Waals surface area contributed by atoms with Crippen molar-refractivity contribution in [3.8, 4) is 0 Å². The molecular formula is C32H55NO25. The molecule has 0 aromatic rings. The molecule has 5 aliphatic rings. The molecule has 0 radical (unpaired) electrons. The molecule has 0 aromatic carbocycles. The van der Waals surface area contributed by atoms with Crippen molar-refractivity contribution in [2.75, 3.05) is 26.4 Å². The zero-order valence-corrected chi connectivity index (χ0v) is 31.1. The number of hydrogen-bond donors (Lipinski definition) is 16. The number of nitrogens with one attached hydrogen (secondary N) is 1. The summed E-state index contributed by atoms with van der Waals surface area (Å²) in [5.74, 6) is -0.830. The first-order chi connectivity index (χ1) is 27.4. The number of amides is 1. The van der Waals surface area contributed by atoms with Crippen LogP contribution >= 0.6 is 0 Å². The highest BCUT2D eigenvalue weighted by Gasteiger charge is 2.57. The molecule has 0 aromatic heterocycles. The van der Waals surface area contributed by atoms with E-state index in [1.165, 1.54) is 6.92 Å². The third kappa shape index (κ3) is 9.75. The molecule has 1 amide bonds. The molecule has 58 heavy (non-hydrogen) atoms. The second kappa shape index (κ2) is 20.1. The van der Waals surface area contributed by atoms with Gasteiger partial charge in [-0.1, -0.05) is 0 Å². The molecule has 0 spiro atoms. The van der Waals surface area contributed by atoms with Crippen molar-refractivity contribution >= 4 is 5.91 Å². The zero-order chi connectivity index (χ0) is 42.9. The Balaban J connectivity index is 1.50. The van der Waals surface area contributed by atoms with Crippen molar-refractivity contribution in [2.24, 2.45) is 0 Å². The Hall–Kier alpha value is -1.49. The molecular weight excluding hydrogens is 798 g/mol. The van der Waals surface area contributed by atoms with Crippen molar-refractivity contribution < 1.29 is 124 Å². The molecule has 0 bridgehead atoms. The molecule has 26 nitrogen and oxygen atoms in total. The van der Waals surface area contributed by atoms with E-state index in [1.54, 1.807) is 0 Å². The fourth-order valence-corrected chi connectivity index (χ4v) is 7.37. The first-order valence-electron chi connectivity index (χ1n) is 18.5. The van der Waals surface area contributed by atoms with Crippen LogP contribution in [0.25, 0.3) is 0 Å². The molecule has 5 aliphatic heterocycles. The van der Waals surface area contributed by atoms with Gasteiger partial charge in [-0.3, -0.25) is 4.79 Å². The third-order valence-corrected chi connectivity index (χ3v) is 10.7. The van der Waals surface area contributed by atoms with Gasteiger partial charge in [0.1, 0.15) is 116 Å². The monoisotopic (exact) mass is 853 g/mol. The summed E-state index contributed by atoms with van der Waals surface area (Å²) >= 11 is 0. The molecule has 0 saturated carbocycles. The van der Waals surface area contributed by atoms with Gasteiger partial charge in [-0.25, -0.2) is 0 Å². The quantitative estimate of drug-likeness (QED) is 0.0818. The molecule has 0 aliphatic carbocycles. The van der Waals surface area contributed by atoms with Crippen LogP contribution in [0.1, 0.15) is 13.8 Å². The molecule has 25 atom stereocenters. The summed E-state index contributed by atoms with van der Waals surface area (Å²) in [5, 5.41) is 159. The molecule has 5 heterocycles. The Morgan fingerprint density at radius 2 is 0.897 bits per heavy atom. The lowest BCUT2D eigenvalue weighted by atomic mass is 9.93. The highest BCUT2D eigenvalue weighted by molar-refractivity contribution is 5.73. The number of ether oxygens (including phenoxy) is 9. The lowest BCUT2D eigenvalue weighted by Gasteiger charge is -2.51. The van der Waals surface area contributed by atoms with Gasteiger partial charge in [0.25, 0.3) is 0 Å². The number of rotatable bonds is 13. The van der Waals surface area contributed by atoms with E-state index in [2.05, 4.69) is 5.32 Å². The van der Waals surface area contributed by atoms with Gasteiger partial charge < -0.3 is 125 Å². The van der Waals surface area contributed by atoms with Crippen LogP contribution in [0.2, 0.25) is 0 Å². The Labute approximate surface area is 329 Å². The number of aliphatic hydroxyl groups is 15. The minimum Gasteiger partial charge on any atom is -0.394 e. The highest BCUT2D eigenvalue weighted by Crippen LogP contribution is 2.36. The van der Waals surface area contributed by atoms with Gasteiger partial charge in [-0.05, 0) is 6.92 Å². The van der Waals surface area contributed by atoms with E-state index in [9.17, 15) is 81.4 Å². The van der Waals surface area contributed by atoms with Crippen LogP contribution in [0, 0.1) is 0 Å². The van der Waals surface area contributed by atoms with E-state index in [4.69, 9.17) is 42.6 Å². The molecule has 0 unspecified atom stereocenters. The maximum atomic E-state index is 12.8. The Bertz CT molecular complexity index is 1300. The van der Waals surface area contributed by atoms with Gasteiger partial charge in [-0.2, -0.15) is 0 Å². The first kappa shape index (κ1) is 47.6. The van der Waals surface area contributed by atoms with E-state index in [0.717, 1.165) is 6.92 Å². The topological polar surface area (TPSA) is 416 Å². The van der Waals surface area contributed by atoms with Gasteiger partial charge in [-0.15, -0.1) is 0 Å². The highest BCUT2D eigenvalue weighted by atomic mass is 16.8. The van der Waals surface area contributed by atoms with Crippen molar-refractivity contribution in [1.29, 1.82) is 0 Å². The van der Waals surface area contributed by atoms with E-state index < -0.39 is 186 Å². The smallest absolute Gasteiger partial charge is 0.217 e. The Kier molecular flexibility index (Phi) is 16.5. The third-order valence-electron chi connectivity index (χ3n) is 10.7. The fourth-order valence-electron chi connectivity index (χ4n) is 7.37. The number of aliphatic hydroxyl groups excluding tert-OH is 15. The van der Waals surface area contributed by atoms with E-state index in [1.807, 2.05) is 0 Å². The summed E-state index contributed by atoms with van der Waals surface area (Å²) in [7, 11) is 0. The second-order valence-corrected chi connectivity index (χ2v) is 14.7. The van der Waals surface area contributed by atoms with E-state index in [0.29, 0.717) is 0 Å². The van der Waals surface area contributed by atoms with Crippen LogP contribution < -0.4 is 5.32 Å². The van der Waals surface area contributed by atoms with Crippen molar-refractivity contribution in [2.45, 2.75) is 167 Å². The average molecular weight is 854 g/mol. The molecule has 26 heteroatoms. The van der Waals surface area contributed by atoms with Crippen molar-refractivity contribution in [3.05, 3.63) is 0 Å². The molecule has 5 rings (SSSR count). The normalized spacial score (nSPS) is 51.6.